The average molecular weight is 576 g/mol. The van der Waals surface area contributed by atoms with E-state index in [1.165, 1.54) is 16.2 Å². The summed E-state index contributed by atoms with van der Waals surface area (Å²) in [5, 5.41) is 6.70. The Morgan fingerprint density at radius 2 is 0.956 bits per heavy atom. The van der Waals surface area contributed by atoms with E-state index in [0.29, 0.717) is 17.5 Å². The van der Waals surface area contributed by atoms with Gasteiger partial charge in [0, 0.05) is 27.5 Å². The molecule has 2 aromatic heterocycles. The van der Waals surface area contributed by atoms with Gasteiger partial charge in [0.1, 0.15) is 11.2 Å². The molecule has 210 valence electrons. The van der Waals surface area contributed by atoms with Crippen molar-refractivity contribution in [1.29, 1.82) is 0 Å². The van der Waals surface area contributed by atoms with Crippen LogP contribution in [0.2, 0.25) is 0 Å². The van der Waals surface area contributed by atoms with Gasteiger partial charge in [-0.2, -0.15) is 0 Å². The average Bonchev–Trinajstić information content (AvgIpc) is 3.50. The lowest BCUT2D eigenvalue weighted by molar-refractivity contribution is 0.669. The van der Waals surface area contributed by atoms with Gasteiger partial charge < -0.3 is 4.42 Å². The maximum absolute atomic E-state index is 6.38. The molecule has 0 amide bonds. The quantitative estimate of drug-likeness (QED) is 0.209. The Kier molecular flexibility index (Phi) is 5.78. The number of hydrogen-bond donors (Lipinski definition) is 0. The Morgan fingerprint density at radius 1 is 0.378 bits per heavy atom. The van der Waals surface area contributed by atoms with Crippen LogP contribution < -0.4 is 0 Å². The molecule has 9 aromatic rings. The van der Waals surface area contributed by atoms with E-state index in [2.05, 4.69) is 103 Å². The van der Waals surface area contributed by atoms with Gasteiger partial charge in [0.15, 0.2) is 17.5 Å². The minimum absolute atomic E-state index is 0.604. The lowest BCUT2D eigenvalue weighted by atomic mass is 9.93. The van der Waals surface area contributed by atoms with E-state index in [1.807, 2.05) is 48.5 Å². The molecule has 0 fully saturated rings. The molecule has 2 heterocycles. The number of rotatable bonds is 4. The van der Waals surface area contributed by atoms with Crippen molar-refractivity contribution in [2.75, 3.05) is 0 Å². The number of hydrogen-bond acceptors (Lipinski definition) is 4. The molecule has 4 heteroatoms. The highest BCUT2D eigenvalue weighted by molar-refractivity contribution is 6.15. The number of nitrogens with zero attached hydrogens (tertiary/aromatic N) is 3. The maximum Gasteiger partial charge on any atom is 0.165 e. The van der Waals surface area contributed by atoms with Gasteiger partial charge in [-0.05, 0) is 63.0 Å². The molecule has 0 aliphatic carbocycles. The van der Waals surface area contributed by atoms with E-state index in [1.54, 1.807) is 0 Å². The molecule has 45 heavy (non-hydrogen) atoms. The first-order valence-electron chi connectivity index (χ1n) is 15.0. The lowest BCUT2D eigenvalue weighted by Gasteiger charge is -2.14. The fourth-order valence-electron chi connectivity index (χ4n) is 6.31. The molecule has 0 N–H and O–H groups in total. The molecular formula is C41H25N3O. The molecule has 0 aliphatic rings. The second-order valence-electron chi connectivity index (χ2n) is 11.3. The highest BCUT2D eigenvalue weighted by Gasteiger charge is 2.22. The Bertz CT molecular complexity index is 2550. The van der Waals surface area contributed by atoms with Crippen LogP contribution >= 0.6 is 0 Å². The van der Waals surface area contributed by atoms with Crippen molar-refractivity contribution < 1.29 is 4.42 Å². The lowest BCUT2D eigenvalue weighted by Crippen LogP contribution is -2.01. The molecule has 4 nitrogen and oxygen atoms in total. The smallest absolute Gasteiger partial charge is 0.165 e. The molecule has 0 bridgehead atoms. The van der Waals surface area contributed by atoms with Crippen LogP contribution in [0, 0.1) is 0 Å². The first-order chi connectivity index (χ1) is 22.3. The number of furan rings is 1. The monoisotopic (exact) mass is 575 g/mol. The van der Waals surface area contributed by atoms with Crippen LogP contribution in [0.15, 0.2) is 156 Å². The fraction of sp³-hybridized carbons (Fsp3) is 0. The Labute approximate surface area is 259 Å². The molecule has 0 unspecified atom stereocenters. The molecule has 0 radical (unpaired) electrons. The fourth-order valence-corrected chi connectivity index (χ4v) is 6.31. The molecule has 0 saturated carbocycles. The van der Waals surface area contributed by atoms with Gasteiger partial charge in [-0.15, -0.1) is 0 Å². The van der Waals surface area contributed by atoms with Crippen LogP contribution in [0.3, 0.4) is 0 Å². The molecule has 9 rings (SSSR count). The zero-order valence-electron chi connectivity index (χ0n) is 24.2. The SMILES string of the molecule is c1ccc(-c2nc(-c3ccc4ccccc4c3)nc(-c3c(-c4ccc5ccccc5c4)ccc4oc5ccccc5c34)n2)cc1. The summed E-state index contributed by atoms with van der Waals surface area (Å²) in [7, 11) is 0. The molecular weight excluding hydrogens is 550 g/mol. The van der Waals surface area contributed by atoms with Gasteiger partial charge in [0.05, 0.1) is 0 Å². The van der Waals surface area contributed by atoms with Gasteiger partial charge in [-0.3, -0.25) is 0 Å². The second kappa shape index (κ2) is 10.2. The zero-order valence-corrected chi connectivity index (χ0v) is 24.2. The first-order valence-corrected chi connectivity index (χ1v) is 15.0. The summed E-state index contributed by atoms with van der Waals surface area (Å²) in [6, 6.07) is 52.2. The molecule has 0 saturated heterocycles. The predicted octanol–water partition coefficient (Wildman–Crippen LogP) is 10.7. The number of fused-ring (bicyclic) bond motifs is 5. The summed E-state index contributed by atoms with van der Waals surface area (Å²) < 4.78 is 6.38. The molecule has 0 atom stereocenters. The van der Waals surface area contributed by atoms with Crippen molar-refractivity contribution in [3.8, 4) is 45.3 Å². The zero-order chi connectivity index (χ0) is 29.7. The summed E-state index contributed by atoms with van der Waals surface area (Å²) in [6.07, 6.45) is 0. The highest BCUT2D eigenvalue weighted by atomic mass is 16.3. The van der Waals surface area contributed by atoms with Crippen molar-refractivity contribution in [2.24, 2.45) is 0 Å². The van der Waals surface area contributed by atoms with Gasteiger partial charge in [0.2, 0.25) is 0 Å². The predicted molar refractivity (Wildman–Crippen MR) is 184 cm³/mol. The normalized spacial score (nSPS) is 11.6. The Morgan fingerprint density at radius 3 is 1.71 bits per heavy atom. The summed E-state index contributed by atoms with van der Waals surface area (Å²) in [6.45, 7) is 0. The minimum atomic E-state index is 0.604. The van der Waals surface area contributed by atoms with Gasteiger partial charge in [-0.1, -0.05) is 121 Å². The van der Waals surface area contributed by atoms with E-state index in [9.17, 15) is 0 Å². The van der Waals surface area contributed by atoms with Gasteiger partial charge >= 0.3 is 0 Å². The van der Waals surface area contributed by atoms with E-state index >= 15 is 0 Å². The minimum Gasteiger partial charge on any atom is -0.456 e. The third kappa shape index (κ3) is 4.35. The second-order valence-corrected chi connectivity index (χ2v) is 11.3. The molecule has 0 spiro atoms. The van der Waals surface area contributed by atoms with Crippen LogP contribution in [0.1, 0.15) is 0 Å². The van der Waals surface area contributed by atoms with Crippen LogP contribution in [-0.4, -0.2) is 15.0 Å². The Hall–Kier alpha value is -6.13. The summed E-state index contributed by atoms with van der Waals surface area (Å²) >= 11 is 0. The first kappa shape index (κ1) is 25.4. The molecule has 7 aromatic carbocycles. The van der Waals surface area contributed by atoms with Crippen molar-refractivity contribution >= 4 is 43.5 Å². The third-order valence-corrected chi connectivity index (χ3v) is 8.50. The largest absolute Gasteiger partial charge is 0.456 e. The van der Waals surface area contributed by atoms with Crippen LogP contribution in [0.5, 0.6) is 0 Å². The standard InChI is InChI=1S/C41H25N3O/c1-2-12-28(13-3-1)39-42-40(32-21-19-27-11-5-7-15-30(27)25-32)44-41(43-39)38-33(31-20-18-26-10-4-6-14-29(26)24-31)22-23-36-37(38)34-16-8-9-17-35(34)45-36/h1-25H. The third-order valence-electron chi connectivity index (χ3n) is 8.50. The van der Waals surface area contributed by atoms with E-state index < -0.39 is 0 Å². The summed E-state index contributed by atoms with van der Waals surface area (Å²) in [4.78, 5) is 15.4. The summed E-state index contributed by atoms with van der Waals surface area (Å²) in [5.41, 5.74) is 6.54. The van der Waals surface area contributed by atoms with Gasteiger partial charge in [0.25, 0.3) is 0 Å². The Balaban J connectivity index is 1.38. The van der Waals surface area contributed by atoms with Gasteiger partial charge in [-0.25, -0.2) is 15.0 Å². The van der Waals surface area contributed by atoms with Crippen molar-refractivity contribution in [1.82, 2.24) is 15.0 Å². The van der Waals surface area contributed by atoms with Crippen LogP contribution in [0.4, 0.5) is 0 Å². The number of para-hydroxylation sites is 1. The van der Waals surface area contributed by atoms with Crippen molar-refractivity contribution in [2.45, 2.75) is 0 Å². The van der Waals surface area contributed by atoms with Crippen LogP contribution in [0.25, 0.3) is 88.8 Å². The maximum atomic E-state index is 6.38. The summed E-state index contributed by atoms with van der Waals surface area (Å²) in [5.74, 6) is 1.85. The van der Waals surface area contributed by atoms with E-state index in [-0.39, 0.29) is 0 Å². The van der Waals surface area contributed by atoms with E-state index in [0.717, 1.165) is 55.1 Å². The van der Waals surface area contributed by atoms with E-state index in [4.69, 9.17) is 19.4 Å². The van der Waals surface area contributed by atoms with Crippen molar-refractivity contribution in [3.63, 3.8) is 0 Å². The van der Waals surface area contributed by atoms with Crippen molar-refractivity contribution in [3.05, 3.63) is 152 Å². The number of aromatic nitrogens is 3. The topological polar surface area (TPSA) is 51.8 Å². The van der Waals surface area contributed by atoms with Crippen LogP contribution in [-0.2, 0) is 0 Å². The molecule has 0 aliphatic heterocycles. The highest BCUT2D eigenvalue weighted by Crippen LogP contribution is 2.43. The number of benzene rings is 7.